The third-order valence-electron chi connectivity index (χ3n) is 3.86. The van der Waals surface area contributed by atoms with Gasteiger partial charge in [0.15, 0.2) is 0 Å². The van der Waals surface area contributed by atoms with E-state index in [1.807, 2.05) is 24.3 Å². The Hall–Kier alpha value is -1.88. The average Bonchev–Trinajstić information content (AvgIpc) is 2.41. The van der Waals surface area contributed by atoms with Crippen LogP contribution >= 0.6 is 0 Å². The minimum absolute atomic E-state index is 0.196. The molecule has 0 aliphatic heterocycles. The molecule has 4 nitrogen and oxygen atoms in total. The van der Waals surface area contributed by atoms with Gasteiger partial charge in [0.05, 0.1) is 0 Å². The third kappa shape index (κ3) is 4.04. The summed E-state index contributed by atoms with van der Waals surface area (Å²) in [6.07, 6.45) is 3.43. The molecule has 0 amide bonds. The molecule has 0 fully saturated rings. The number of hydrogen-bond acceptors (Lipinski definition) is 4. The monoisotopic (exact) mass is 301 g/mol. The van der Waals surface area contributed by atoms with Crippen molar-refractivity contribution >= 4 is 20.0 Å². The van der Waals surface area contributed by atoms with Crippen LogP contribution < -0.4 is 9.74 Å². The number of rotatable bonds is 4. The van der Waals surface area contributed by atoms with Gasteiger partial charge in [0.25, 0.3) is 0 Å². The summed E-state index contributed by atoms with van der Waals surface area (Å²) in [6, 6.07) is 9.75. The maximum absolute atomic E-state index is 6.25. The molecule has 0 saturated heterocycles. The molecule has 1 heterocycles. The lowest BCUT2D eigenvalue weighted by molar-refractivity contribution is 0.492. The quantitative estimate of drug-likeness (QED) is 0.838. The van der Waals surface area contributed by atoms with E-state index in [0.717, 1.165) is 11.4 Å². The molecule has 0 aliphatic rings. The van der Waals surface area contributed by atoms with Gasteiger partial charge >= 0.3 is 0 Å². The fourth-order valence-corrected chi connectivity index (χ4v) is 2.58. The molecular formula is C16H23N3OSi. The standard InChI is InChI=1S/C16H23N3OSi/c1-16(2,3)21(4,5)20-14-9-7-13(8-10-14)19-15-17-11-6-12-18-15/h6-12H,1-5H3,(H,17,18,19). The topological polar surface area (TPSA) is 47.0 Å². The fourth-order valence-electron chi connectivity index (χ4n) is 1.55. The van der Waals surface area contributed by atoms with Crippen molar-refractivity contribution in [1.29, 1.82) is 0 Å². The predicted octanol–water partition coefficient (Wildman–Crippen LogP) is 4.60. The lowest BCUT2D eigenvalue weighted by Gasteiger charge is -2.36. The van der Waals surface area contributed by atoms with Gasteiger partial charge in [0, 0.05) is 18.1 Å². The van der Waals surface area contributed by atoms with E-state index in [1.54, 1.807) is 18.5 Å². The van der Waals surface area contributed by atoms with Crippen LogP contribution in [-0.2, 0) is 0 Å². The molecule has 0 unspecified atom stereocenters. The molecular weight excluding hydrogens is 278 g/mol. The summed E-state index contributed by atoms with van der Waals surface area (Å²) in [7, 11) is -1.78. The van der Waals surface area contributed by atoms with Crippen molar-refractivity contribution in [3.8, 4) is 5.75 Å². The van der Waals surface area contributed by atoms with Crippen molar-refractivity contribution in [3.05, 3.63) is 42.7 Å². The summed E-state index contributed by atoms with van der Waals surface area (Å²) >= 11 is 0. The SMILES string of the molecule is CC(C)(C)[Si](C)(C)Oc1ccc(Nc2ncccn2)cc1. The normalized spacial score (nSPS) is 12.0. The molecule has 2 aromatic rings. The van der Waals surface area contributed by atoms with Crippen molar-refractivity contribution in [1.82, 2.24) is 9.97 Å². The van der Waals surface area contributed by atoms with Gasteiger partial charge in [-0.05, 0) is 48.5 Å². The van der Waals surface area contributed by atoms with Crippen molar-refractivity contribution in [3.63, 3.8) is 0 Å². The molecule has 0 radical (unpaired) electrons. The Balaban J connectivity index is 2.06. The molecule has 0 aliphatic carbocycles. The van der Waals surface area contributed by atoms with Crippen LogP contribution in [0.3, 0.4) is 0 Å². The van der Waals surface area contributed by atoms with Gasteiger partial charge in [-0.25, -0.2) is 9.97 Å². The van der Waals surface area contributed by atoms with Gasteiger partial charge in [-0.15, -0.1) is 0 Å². The number of nitrogens with zero attached hydrogens (tertiary/aromatic N) is 2. The van der Waals surface area contributed by atoms with Gasteiger partial charge in [-0.3, -0.25) is 0 Å². The van der Waals surface area contributed by atoms with Gasteiger partial charge < -0.3 is 9.74 Å². The smallest absolute Gasteiger partial charge is 0.250 e. The number of nitrogens with one attached hydrogen (secondary N) is 1. The second kappa shape index (κ2) is 5.85. The first-order chi connectivity index (χ1) is 9.78. The lowest BCUT2D eigenvalue weighted by atomic mass is 10.2. The van der Waals surface area contributed by atoms with Crippen LogP contribution in [0.5, 0.6) is 5.75 Å². The lowest BCUT2D eigenvalue weighted by Crippen LogP contribution is -2.43. The van der Waals surface area contributed by atoms with E-state index in [0.29, 0.717) is 5.95 Å². The number of benzene rings is 1. The first kappa shape index (κ1) is 15.5. The summed E-state index contributed by atoms with van der Waals surface area (Å²) in [4.78, 5) is 8.28. The zero-order valence-corrected chi connectivity index (χ0v) is 14.3. The molecule has 5 heteroatoms. The number of hydrogen-bond donors (Lipinski definition) is 1. The van der Waals surface area contributed by atoms with Crippen molar-refractivity contribution in [2.75, 3.05) is 5.32 Å². The van der Waals surface area contributed by atoms with Gasteiger partial charge in [-0.1, -0.05) is 20.8 Å². The van der Waals surface area contributed by atoms with Crippen molar-refractivity contribution in [2.24, 2.45) is 0 Å². The predicted molar refractivity (Wildman–Crippen MR) is 89.6 cm³/mol. The minimum Gasteiger partial charge on any atom is -0.544 e. The van der Waals surface area contributed by atoms with Gasteiger partial charge in [0.1, 0.15) is 5.75 Å². The third-order valence-corrected chi connectivity index (χ3v) is 8.21. The number of aromatic nitrogens is 2. The highest BCUT2D eigenvalue weighted by Gasteiger charge is 2.38. The van der Waals surface area contributed by atoms with E-state index in [1.165, 1.54) is 0 Å². The van der Waals surface area contributed by atoms with E-state index in [-0.39, 0.29) is 5.04 Å². The summed E-state index contributed by atoms with van der Waals surface area (Å²) in [5, 5.41) is 3.35. The molecule has 1 aromatic heterocycles. The van der Waals surface area contributed by atoms with Crippen molar-refractivity contribution < 1.29 is 4.43 Å². The van der Waals surface area contributed by atoms with Crippen molar-refractivity contribution in [2.45, 2.75) is 38.9 Å². The Morgan fingerprint density at radius 3 is 2.10 bits per heavy atom. The Kier molecular flexibility index (Phi) is 4.32. The molecule has 1 aromatic carbocycles. The van der Waals surface area contributed by atoms with Crippen LogP contribution in [-0.4, -0.2) is 18.3 Å². The fraction of sp³-hybridized carbons (Fsp3) is 0.375. The molecule has 0 spiro atoms. The second-order valence-corrected chi connectivity index (χ2v) is 11.3. The van der Waals surface area contributed by atoms with E-state index >= 15 is 0 Å². The van der Waals surface area contributed by atoms with E-state index in [4.69, 9.17) is 4.43 Å². The highest BCUT2D eigenvalue weighted by molar-refractivity contribution is 6.74. The van der Waals surface area contributed by atoms with Crippen LogP contribution in [0.25, 0.3) is 0 Å². The van der Waals surface area contributed by atoms with Crippen LogP contribution in [0.4, 0.5) is 11.6 Å². The van der Waals surface area contributed by atoms with Crippen LogP contribution in [0.15, 0.2) is 42.7 Å². The highest BCUT2D eigenvalue weighted by atomic mass is 28.4. The second-order valence-electron chi connectivity index (χ2n) is 6.58. The zero-order valence-electron chi connectivity index (χ0n) is 13.3. The van der Waals surface area contributed by atoms with Crippen LogP contribution in [0.2, 0.25) is 18.1 Å². The Morgan fingerprint density at radius 1 is 1.00 bits per heavy atom. The Labute approximate surface area is 127 Å². The average molecular weight is 301 g/mol. The zero-order chi connectivity index (χ0) is 15.5. The molecule has 2 rings (SSSR count). The van der Waals surface area contributed by atoms with E-state index < -0.39 is 8.32 Å². The summed E-state index contributed by atoms with van der Waals surface area (Å²) < 4.78 is 6.25. The largest absolute Gasteiger partial charge is 0.544 e. The Bertz CT molecular complexity index is 577. The van der Waals surface area contributed by atoms with Crippen LogP contribution in [0.1, 0.15) is 20.8 Å². The Morgan fingerprint density at radius 2 is 1.57 bits per heavy atom. The number of anilines is 2. The molecule has 0 atom stereocenters. The molecule has 1 N–H and O–H groups in total. The molecule has 0 bridgehead atoms. The molecule has 0 saturated carbocycles. The van der Waals surface area contributed by atoms with Crippen LogP contribution in [0, 0.1) is 0 Å². The maximum Gasteiger partial charge on any atom is 0.250 e. The maximum atomic E-state index is 6.25. The summed E-state index contributed by atoms with van der Waals surface area (Å²) in [6.45, 7) is 11.2. The first-order valence-electron chi connectivity index (χ1n) is 7.11. The summed E-state index contributed by atoms with van der Waals surface area (Å²) in [5.74, 6) is 1.51. The minimum atomic E-state index is -1.78. The summed E-state index contributed by atoms with van der Waals surface area (Å²) in [5.41, 5.74) is 0.948. The molecule has 21 heavy (non-hydrogen) atoms. The van der Waals surface area contributed by atoms with E-state index in [9.17, 15) is 0 Å². The highest BCUT2D eigenvalue weighted by Crippen LogP contribution is 2.37. The van der Waals surface area contributed by atoms with Gasteiger partial charge in [0.2, 0.25) is 14.3 Å². The molecule has 112 valence electrons. The van der Waals surface area contributed by atoms with Gasteiger partial charge in [-0.2, -0.15) is 0 Å². The first-order valence-corrected chi connectivity index (χ1v) is 10.0. The van der Waals surface area contributed by atoms with E-state index in [2.05, 4.69) is 49.1 Å².